The number of rotatable bonds is 3. The van der Waals surface area contributed by atoms with Crippen LogP contribution in [0.25, 0.3) is 0 Å². The molecule has 78 valence electrons. The number of halogens is 1. The Hall–Kier alpha value is -0.0500. The zero-order valence-electron chi connectivity index (χ0n) is 8.21. The maximum absolute atomic E-state index is 5.95. The van der Waals surface area contributed by atoms with E-state index in [4.69, 9.17) is 17.3 Å². The monoisotopic (exact) mass is 229 g/mol. The highest BCUT2D eigenvalue weighted by Gasteiger charge is 2.26. The van der Waals surface area contributed by atoms with Crippen LogP contribution in [0.4, 0.5) is 0 Å². The molecule has 1 aromatic heterocycles. The molecule has 14 heavy (non-hydrogen) atoms. The fourth-order valence-electron chi connectivity index (χ4n) is 2.43. The molecule has 2 rings (SSSR count). The van der Waals surface area contributed by atoms with E-state index in [0.717, 1.165) is 16.8 Å². The van der Waals surface area contributed by atoms with E-state index in [1.807, 2.05) is 6.07 Å². The van der Waals surface area contributed by atoms with Crippen LogP contribution in [0.1, 0.15) is 36.5 Å². The van der Waals surface area contributed by atoms with Gasteiger partial charge < -0.3 is 5.73 Å². The van der Waals surface area contributed by atoms with Gasteiger partial charge in [-0.3, -0.25) is 0 Å². The molecule has 1 fully saturated rings. The molecule has 1 unspecified atom stereocenters. The second-order valence-electron chi connectivity index (χ2n) is 4.03. The Morgan fingerprint density at radius 1 is 1.43 bits per heavy atom. The van der Waals surface area contributed by atoms with Crippen LogP contribution in [0.15, 0.2) is 12.1 Å². The van der Waals surface area contributed by atoms with Crippen molar-refractivity contribution >= 4 is 22.9 Å². The summed E-state index contributed by atoms with van der Waals surface area (Å²) in [5, 5.41) is 0. The Morgan fingerprint density at radius 3 is 2.64 bits per heavy atom. The second-order valence-corrected chi connectivity index (χ2v) is 5.78. The van der Waals surface area contributed by atoms with Crippen molar-refractivity contribution in [3.8, 4) is 0 Å². The van der Waals surface area contributed by atoms with Crippen LogP contribution in [-0.2, 0) is 0 Å². The molecule has 1 heterocycles. The van der Waals surface area contributed by atoms with Crippen molar-refractivity contribution in [1.29, 1.82) is 0 Å². The number of hydrogen-bond donors (Lipinski definition) is 1. The van der Waals surface area contributed by atoms with Crippen LogP contribution in [0.3, 0.4) is 0 Å². The van der Waals surface area contributed by atoms with E-state index in [0.29, 0.717) is 5.92 Å². The molecule has 3 heteroatoms. The predicted octanol–water partition coefficient (Wildman–Crippen LogP) is 3.63. The molecular formula is C11H16ClNS. The summed E-state index contributed by atoms with van der Waals surface area (Å²) in [5.74, 6) is 1.35. The highest BCUT2D eigenvalue weighted by Crippen LogP contribution is 2.39. The van der Waals surface area contributed by atoms with Gasteiger partial charge in [-0.2, -0.15) is 0 Å². The maximum Gasteiger partial charge on any atom is 0.0931 e. The lowest BCUT2D eigenvalue weighted by atomic mass is 9.90. The van der Waals surface area contributed by atoms with Crippen molar-refractivity contribution < 1.29 is 0 Å². The number of thiophene rings is 1. The summed E-state index contributed by atoms with van der Waals surface area (Å²) in [6.45, 7) is 0.765. The van der Waals surface area contributed by atoms with E-state index in [2.05, 4.69) is 6.07 Å². The molecule has 1 saturated carbocycles. The normalized spacial score (nSPS) is 20.1. The minimum absolute atomic E-state index is 0.551. The van der Waals surface area contributed by atoms with Gasteiger partial charge in [-0.1, -0.05) is 24.4 Å². The summed E-state index contributed by atoms with van der Waals surface area (Å²) in [5.41, 5.74) is 5.86. The van der Waals surface area contributed by atoms with Gasteiger partial charge in [-0.15, -0.1) is 11.3 Å². The van der Waals surface area contributed by atoms with Crippen LogP contribution < -0.4 is 5.73 Å². The Bertz CT molecular complexity index is 291. The van der Waals surface area contributed by atoms with Crippen molar-refractivity contribution in [2.75, 3.05) is 6.54 Å². The minimum atomic E-state index is 0.551. The molecule has 1 aromatic rings. The average molecular weight is 230 g/mol. The molecular weight excluding hydrogens is 214 g/mol. The Kier molecular flexibility index (Phi) is 3.47. The Labute approximate surface area is 94.3 Å². The Morgan fingerprint density at radius 2 is 2.14 bits per heavy atom. The highest BCUT2D eigenvalue weighted by molar-refractivity contribution is 7.16. The van der Waals surface area contributed by atoms with Gasteiger partial charge in [0.15, 0.2) is 0 Å². The first-order valence-corrected chi connectivity index (χ1v) is 6.46. The van der Waals surface area contributed by atoms with Crippen molar-refractivity contribution in [2.24, 2.45) is 11.7 Å². The summed E-state index contributed by atoms with van der Waals surface area (Å²) in [6.07, 6.45) is 5.44. The van der Waals surface area contributed by atoms with Gasteiger partial charge in [0.05, 0.1) is 4.34 Å². The second kappa shape index (κ2) is 4.65. The predicted molar refractivity (Wildman–Crippen MR) is 63.1 cm³/mol. The molecule has 0 aliphatic heterocycles. The molecule has 0 radical (unpaired) electrons. The van der Waals surface area contributed by atoms with Gasteiger partial charge >= 0.3 is 0 Å². The van der Waals surface area contributed by atoms with Crippen molar-refractivity contribution in [3.63, 3.8) is 0 Å². The van der Waals surface area contributed by atoms with Gasteiger partial charge in [0.1, 0.15) is 0 Å². The highest BCUT2D eigenvalue weighted by atomic mass is 35.5. The summed E-state index contributed by atoms with van der Waals surface area (Å²) in [6, 6.07) is 4.13. The van der Waals surface area contributed by atoms with Crippen molar-refractivity contribution in [1.82, 2.24) is 0 Å². The lowest BCUT2D eigenvalue weighted by Gasteiger charge is -2.20. The van der Waals surface area contributed by atoms with Gasteiger partial charge in [-0.25, -0.2) is 0 Å². The first-order chi connectivity index (χ1) is 6.81. The van der Waals surface area contributed by atoms with E-state index in [1.54, 1.807) is 11.3 Å². The largest absolute Gasteiger partial charge is 0.330 e. The maximum atomic E-state index is 5.95. The lowest BCUT2D eigenvalue weighted by Crippen LogP contribution is -2.18. The van der Waals surface area contributed by atoms with Crippen LogP contribution in [0.2, 0.25) is 4.34 Å². The van der Waals surface area contributed by atoms with E-state index < -0.39 is 0 Å². The van der Waals surface area contributed by atoms with E-state index in [1.165, 1.54) is 30.6 Å². The zero-order chi connectivity index (χ0) is 9.97. The third-order valence-electron chi connectivity index (χ3n) is 3.18. The van der Waals surface area contributed by atoms with Gasteiger partial charge in [0.25, 0.3) is 0 Å². The Balaban J connectivity index is 2.12. The molecule has 0 bridgehead atoms. The third kappa shape index (κ3) is 2.13. The fourth-order valence-corrected chi connectivity index (χ4v) is 3.70. The number of hydrogen-bond acceptors (Lipinski definition) is 2. The first kappa shape index (κ1) is 10.5. The van der Waals surface area contributed by atoms with E-state index in [-0.39, 0.29) is 0 Å². The molecule has 1 atom stereocenters. The molecule has 1 nitrogen and oxygen atoms in total. The average Bonchev–Trinajstić information content (AvgIpc) is 2.79. The molecule has 2 N–H and O–H groups in total. The summed E-state index contributed by atoms with van der Waals surface area (Å²) in [4.78, 5) is 1.38. The minimum Gasteiger partial charge on any atom is -0.330 e. The molecule has 0 spiro atoms. The molecule has 0 amide bonds. The third-order valence-corrected chi connectivity index (χ3v) is 4.55. The first-order valence-electron chi connectivity index (χ1n) is 5.26. The summed E-state index contributed by atoms with van der Waals surface area (Å²) < 4.78 is 0.886. The van der Waals surface area contributed by atoms with E-state index >= 15 is 0 Å². The quantitative estimate of drug-likeness (QED) is 0.842. The van der Waals surface area contributed by atoms with Gasteiger partial charge in [0, 0.05) is 17.3 Å². The SMILES string of the molecule is NCC(c1ccc(Cl)s1)C1CCCC1. The summed E-state index contributed by atoms with van der Waals surface area (Å²) in [7, 11) is 0. The molecule has 1 aliphatic rings. The van der Waals surface area contributed by atoms with Crippen LogP contribution in [0.5, 0.6) is 0 Å². The number of nitrogens with two attached hydrogens (primary N) is 1. The molecule has 0 aromatic carbocycles. The van der Waals surface area contributed by atoms with Crippen LogP contribution in [0, 0.1) is 5.92 Å². The van der Waals surface area contributed by atoms with Crippen molar-refractivity contribution in [2.45, 2.75) is 31.6 Å². The standard InChI is InChI=1S/C11H16ClNS/c12-11-6-5-10(14-11)9(7-13)8-3-1-2-4-8/h5-6,8-9H,1-4,7,13H2. The zero-order valence-corrected chi connectivity index (χ0v) is 9.78. The molecule has 1 aliphatic carbocycles. The van der Waals surface area contributed by atoms with Crippen molar-refractivity contribution in [3.05, 3.63) is 21.3 Å². The smallest absolute Gasteiger partial charge is 0.0931 e. The van der Waals surface area contributed by atoms with E-state index in [9.17, 15) is 0 Å². The summed E-state index contributed by atoms with van der Waals surface area (Å²) >= 11 is 7.64. The fraction of sp³-hybridized carbons (Fsp3) is 0.636. The van der Waals surface area contributed by atoms with Crippen LogP contribution >= 0.6 is 22.9 Å². The molecule has 0 saturated heterocycles. The van der Waals surface area contributed by atoms with Gasteiger partial charge in [0.2, 0.25) is 0 Å². The van der Waals surface area contributed by atoms with Gasteiger partial charge in [-0.05, 0) is 30.9 Å². The van der Waals surface area contributed by atoms with Crippen LogP contribution in [-0.4, -0.2) is 6.54 Å². The topological polar surface area (TPSA) is 26.0 Å². The lowest BCUT2D eigenvalue weighted by molar-refractivity contribution is 0.446.